The van der Waals surface area contributed by atoms with E-state index < -0.39 is 17.3 Å². The predicted octanol–water partition coefficient (Wildman–Crippen LogP) is 2.85. The zero-order valence-corrected chi connectivity index (χ0v) is 8.77. The fraction of sp³-hybridized carbons (Fsp3) is 0.667. The molecule has 3 unspecified atom stereocenters. The molecule has 1 heterocycles. The molecular formula is C9H10F3NOS. The van der Waals surface area contributed by atoms with Crippen LogP contribution in [0.3, 0.4) is 0 Å². The van der Waals surface area contributed by atoms with Crippen molar-refractivity contribution < 1.29 is 18.3 Å². The molecule has 0 aliphatic heterocycles. The highest BCUT2D eigenvalue weighted by Crippen LogP contribution is 2.48. The van der Waals surface area contributed by atoms with Crippen LogP contribution in [0.2, 0.25) is 0 Å². The Bertz CT molecular complexity index is 362. The lowest BCUT2D eigenvalue weighted by atomic mass is 10.2. The number of hydrogen-bond donors (Lipinski definition) is 1. The van der Waals surface area contributed by atoms with E-state index in [4.69, 9.17) is 0 Å². The molecular weight excluding hydrogens is 227 g/mol. The third-order valence-electron chi connectivity index (χ3n) is 2.63. The van der Waals surface area contributed by atoms with Gasteiger partial charge in [-0.3, -0.25) is 0 Å². The molecule has 1 N–H and O–H groups in total. The molecule has 1 aromatic rings. The Kier molecular flexibility index (Phi) is 2.50. The van der Waals surface area contributed by atoms with Gasteiger partial charge in [0.1, 0.15) is 0 Å². The smallest absolute Gasteiger partial charge is 0.387 e. The van der Waals surface area contributed by atoms with Crippen LogP contribution in [0.4, 0.5) is 13.2 Å². The molecule has 0 saturated heterocycles. The van der Waals surface area contributed by atoms with Gasteiger partial charge in [-0.2, -0.15) is 13.2 Å². The van der Waals surface area contributed by atoms with Gasteiger partial charge in [0.2, 0.25) is 0 Å². The number of nitrogens with zero attached hydrogens (tertiary/aromatic N) is 1. The molecule has 0 bridgehead atoms. The van der Waals surface area contributed by atoms with E-state index in [9.17, 15) is 18.3 Å². The van der Waals surface area contributed by atoms with Crippen LogP contribution in [0.25, 0.3) is 0 Å². The fourth-order valence-electron chi connectivity index (χ4n) is 1.56. The van der Waals surface area contributed by atoms with Gasteiger partial charge in [0, 0.05) is 6.20 Å². The maximum atomic E-state index is 12.2. The normalized spacial score (nSPS) is 27.8. The number of aliphatic hydroxyl groups is 1. The highest BCUT2D eigenvalue weighted by Gasteiger charge is 2.41. The van der Waals surface area contributed by atoms with Crippen LogP contribution >= 0.6 is 11.3 Å². The number of aliphatic hydroxyl groups excluding tert-OH is 1. The van der Waals surface area contributed by atoms with Crippen molar-refractivity contribution in [1.82, 2.24) is 4.98 Å². The SMILES string of the molecule is CC1CC1C(O)c1cnc(C(F)(F)F)s1. The van der Waals surface area contributed by atoms with Crippen LogP contribution in [-0.4, -0.2) is 10.1 Å². The summed E-state index contributed by atoms with van der Waals surface area (Å²) in [5, 5.41) is 8.83. The molecule has 1 fully saturated rings. The number of hydrogen-bond acceptors (Lipinski definition) is 3. The van der Waals surface area contributed by atoms with Crippen LogP contribution in [0, 0.1) is 11.8 Å². The molecule has 1 aliphatic carbocycles. The van der Waals surface area contributed by atoms with E-state index in [0.717, 1.165) is 12.6 Å². The van der Waals surface area contributed by atoms with E-state index in [0.29, 0.717) is 22.1 Å². The van der Waals surface area contributed by atoms with Gasteiger partial charge in [-0.1, -0.05) is 6.92 Å². The summed E-state index contributed by atoms with van der Waals surface area (Å²) in [6.45, 7) is 1.97. The highest BCUT2D eigenvalue weighted by atomic mass is 32.1. The van der Waals surface area contributed by atoms with Crippen molar-refractivity contribution in [3.05, 3.63) is 16.1 Å². The summed E-state index contributed by atoms with van der Waals surface area (Å²) in [6, 6.07) is 0. The van der Waals surface area contributed by atoms with Crippen molar-refractivity contribution in [3.63, 3.8) is 0 Å². The Morgan fingerprint density at radius 1 is 1.60 bits per heavy atom. The molecule has 3 atom stereocenters. The molecule has 1 aromatic heterocycles. The predicted molar refractivity (Wildman–Crippen MR) is 49.3 cm³/mol. The summed E-state index contributed by atoms with van der Waals surface area (Å²) in [5.74, 6) is 0.503. The standard InChI is InChI=1S/C9H10F3NOS/c1-4-2-5(4)7(14)6-3-13-8(15-6)9(10,11)12/h3-5,7,14H,2H2,1H3. The van der Waals surface area contributed by atoms with Crippen molar-refractivity contribution in [2.45, 2.75) is 25.6 Å². The lowest BCUT2D eigenvalue weighted by molar-refractivity contribution is -0.137. The minimum atomic E-state index is -4.40. The minimum Gasteiger partial charge on any atom is -0.387 e. The summed E-state index contributed by atoms with van der Waals surface area (Å²) < 4.78 is 36.7. The first-order valence-corrected chi connectivity index (χ1v) is 5.42. The Labute approximate surface area is 88.8 Å². The first kappa shape index (κ1) is 10.9. The van der Waals surface area contributed by atoms with E-state index in [1.165, 1.54) is 0 Å². The van der Waals surface area contributed by atoms with E-state index >= 15 is 0 Å². The Hall–Kier alpha value is -0.620. The second-order valence-electron chi connectivity index (χ2n) is 3.89. The zero-order valence-electron chi connectivity index (χ0n) is 7.95. The molecule has 2 nitrogen and oxygen atoms in total. The summed E-state index contributed by atoms with van der Waals surface area (Å²) in [4.78, 5) is 3.59. The highest BCUT2D eigenvalue weighted by molar-refractivity contribution is 7.11. The Morgan fingerprint density at radius 3 is 2.60 bits per heavy atom. The number of aromatic nitrogens is 1. The maximum absolute atomic E-state index is 12.2. The molecule has 0 radical (unpaired) electrons. The molecule has 0 aromatic carbocycles. The third kappa shape index (κ3) is 2.15. The van der Waals surface area contributed by atoms with E-state index in [1.54, 1.807) is 0 Å². The van der Waals surface area contributed by atoms with E-state index in [-0.39, 0.29) is 5.92 Å². The second kappa shape index (κ2) is 3.45. The largest absolute Gasteiger partial charge is 0.443 e. The lowest BCUT2D eigenvalue weighted by Crippen LogP contribution is -2.03. The molecule has 2 rings (SSSR count). The Balaban J connectivity index is 2.13. The summed E-state index contributed by atoms with van der Waals surface area (Å²) in [5.41, 5.74) is 0. The van der Waals surface area contributed by atoms with E-state index in [2.05, 4.69) is 4.98 Å². The molecule has 1 aliphatic rings. The Morgan fingerprint density at radius 2 is 2.20 bits per heavy atom. The molecule has 84 valence electrons. The van der Waals surface area contributed by atoms with Crippen molar-refractivity contribution in [2.24, 2.45) is 11.8 Å². The van der Waals surface area contributed by atoms with Gasteiger partial charge in [0.25, 0.3) is 0 Å². The molecule has 0 spiro atoms. The lowest BCUT2D eigenvalue weighted by Gasteiger charge is -2.05. The number of halogens is 3. The number of thiazole rings is 1. The van der Waals surface area contributed by atoms with Crippen LogP contribution < -0.4 is 0 Å². The van der Waals surface area contributed by atoms with Gasteiger partial charge >= 0.3 is 6.18 Å². The van der Waals surface area contributed by atoms with Gasteiger partial charge in [-0.15, -0.1) is 11.3 Å². The molecule has 1 saturated carbocycles. The van der Waals surface area contributed by atoms with Crippen LogP contribution in [0.1, 0.15) is 29.3 Å². The number of rotatable bonds is 2. The van der Waals surface area contributed by atoms with Gasteiger partial charge in [0.15, 0.2) is 5.01 Å². The quantitative estimate of drug-likeness (QED) is 0.858. The van der Waals surface area contributed by atoms with Gasteiger partial charge < -0.3 is 5.11 Å². The van der Waals surface area contributed by atoms with Gasteiger partial charge in [0.05, 0.1) is 11.0 Å². The monoisotopic (exact) mass is 237 g/mol. The molecule has 0 amide bonds. The number of alkyl halides is 3. The fourth-order valence-corrected chi connectivity index (χ4v) is 2.40. The summed E-state index contributed by atoms with van der Waals surface area (Å²) in [7, 11) is 0. The van der Waals surface area contributed by atoms with Gasteiger partial charge in [-0.05, 0) is 18.3 Å². The molecule has 15 heavy (non-hydrogen) atoms. The van der Waals surface area contributed by atoms with Crippen molar-refractivity contribution in [1.29, 1.82) is 0 Å². The summed E-state index contributed by atoms with van der Waals surface area (Å²) in [6.07, 6.45) is -3.19. The van der Waals surface area contributed by atoms with Crippen molar-refractivity contribution in [3.8, 4) is 0 Å². The van der Waals surface area contributed by atoms with Gasteiger partial charge in [-0.25, -0.2) is 4.98 Å². The first-order chi connectivity index (χ1) is 6.89. The zero-order chi connectivity index (χ0) is 11.2. The topological polar surface area (TPSA) is 33.1 Å². The molecule has 6 heteroatoms. The van der Waals surface area contributed by atoms with Crippen LogP contribution in [0.15, 0.2) is 6.20 Å². The van der Waals surface area contributed by atoms with Crippen LogP contribution in [0.5, 0.6) is 0 Å². The summed E-state index contributed by atoms with van der Waals surface area (Å²) >= 11 is 0.532. The first-order valence-electron chi connectivity index (χ1n) is 4.60. The average molecular weight is 237 g/mol. The average Bonchev–Trinajstić information content (AvgIpc) is 2.68. The van der Waals surface area contributed by atoms with E-state index in [1.807, 2.05) is 6.92 Å². The minimum absolute atomic E-state index is 0.103. The maximum Gasteiger partial charge on any atom is 0.443 e. The second-order valence-corrected chi connectivity index (χ2v) is 4.95. The van der Waals surface area contributed by atoms with Crippen molar-refractivity contribution >= 4 is 11.3 Å². The third-order valence-corrected chi connectivity index (χ3v) is 3.75. The van der Waals surface area contributed by atoms with Crippen molar-refractivity contribution in [2.75, 3.05) is 0 Å². The van der Waals surface area contributed by atoms with Crippen LogP contribution in [-0.2, 0) is 6.18 Å².